The highest BCUT2D eigenvalue weighted by atomic mass is 19.1. The maximum Gasteiger partial charge on any atom is 0.356 e. The SMILES string of the molecule is CCOC(=O)C(F)(C(=O)OCC)C1C=CCCC1. The minimum absolute atomic E-state index is 0.0281. The Morgan fingerprint density at radius 3 is 2.22 bits per heavy atom. The minimum Gasteiger partial charge on any atom is -0.463 e. The Bertz CT molecular complexity index is 320. The number of carbonyl (C=O) groups is 2. The predicted molar refractivity (Wildman–Crippen MR) is 63.6 cm³/mol. The molecule has 0 amide bonds. The van der Waals surface area contributed by atoms with Crippen molar-refractivity contribution in [3.63, 3.8) is 0 Å². The van der Waals surface area contributed by atoms with Gasteiger partial charge in [-0.25, -0.2) is 14.0 Å². The second kappa shape index (κ2) is 6.52. The number of hydrogen-bond acceptors (Lipinski definition) is 4. The van der Waals surface area contributed by atoms with Crippen molar-refractivity contribution in [3.05, 3.63) is 12.2 Å². The highest BCUT2D eigenvalue weighted by molar-refractivity contribution is 6.04. The quantitative estimate of drug-likeness (QED) is 0.431. The van der Waals surface area contributed by atoms with Crippen LogP contribution in [0, 0.1) is 5.92 Å². The van der Waals surface area contributed by atoms with E-state index in [4.69, 9.17) is 0 Å². The van der Waals surface area contributed by atoms with Crippen LogP contribution in [-0.2, 0) is 19.1 Å². The van der Waals surface area contributed by atoms with Crippen LogP contribution in [-0.4, -0.2) is 30.8 Å². The van der Waals surface area contributed by atoms with Crippen LogP contribution in [0.3, 0.4) is 0 Å². The van der Waals surface area contributed by atoms with Gasteiger partial charge in [0, 0.05) is 5.92 Å². The molecule has 0 radical (unpaired) electrons. The van der Waals surface area contributed by atoms with E-state index in [0.29, 0.717) is 6.42 Å². The van der Waals surface area contributed by atoms with Gasteiger partial charge in [0.25, 0.3) is 0 Å². The molecule has 0 N–H and O–H groups in total. The monoisotopic (exact) mass is 258 g/mol. The fraction of sp³-hybridized carbons (Fsp3) is 0.692. The topological polar surface area (TPSA) is 52.6 Å². The molecule has 0 aromatic rings. The standard InChI is InChI=1S/C13H19FO4/c1-3-17-11(15)13(14,12(16)18-4-2)10-8-6-5-7-9-10/h6,8,10H,3-5,7,9H2,1-2H3. The summed E-state index contributed by atoms with van der Waals surface area (Å²) in [6.45, 7) is 3.20. The van der Waals surface area contributed by atoms with Gasteiger partial charge in [0.2, 0.25) is 0 Å². The van der Waals surface area contributed by atoms with E-state index in [2.05, 4.69) is 9.47 Å². The van der Waals surface area contributed by atoms with Crippen LogP contribution in [0.1, 0.15) is 33.1 Å². The van der Waals surface area contributed by atoms with Crippen LogP contribution < -0.4 is 0 Å². The normalized spacial score (nSPS) is 19.4. The molecule has 102 valence electrons. The van der Waals surface area contributed by atoms with E-state index >= 15 is 0 Å². The number of ether oxygens (including phenoxy) is 2. The summed E-state index contributed by atoms with van der Waals surface area (Å²) in [5, 5.41) is 0. The summed E-state index contributed by atoms with van der Waals surface area (Å²) in [5.74, 6) is -3.11. The molecule has 1 unspecified atom stereocenters. The minimum atomic E-state index is -2.72. The molecule has 0 aromatic heterocycles. The first-order chi connectivity index (χ1) is 8.57. The van der Waals surface area contributed by atoms with Crippen LogP contribution in [0.15, 0.2) is 12.2 Å². The lowest BCUT2D eigenvalue weighted by Gasteiger charge is -2.29. The van der Waals surface area contributed by atoms with Gasteiger partial charge in [-0.05, 0) is 33.1 Å². The van der Waals surface area contributed by atoms with E-state index in [0.717, 1.165) is 12.8 Å². The Morgan fingerprint density at radius 2 is 1.83 bits per heavy atom. The van der Waals surface area contributed by atoms with E-state index in [9.17, 15) is 14.0 Å². The molecule has 0 fully saturated rings. The Hall–Kier alpha value is -1.39. The molecule has 0 heterocycles. The summed E-state index contributed by atoms with van der Waals surface area (Å²) in [5.41, 5.74) is -2.72. The van der Waals surface area contributed by atoms with E-state index in [1.807, 2.05) is 0 Å². The molecule has 0 bridgehead atoms. The maximum absolute atomic E-state index is 14.8. The molecule has 1 aliphatic rings. The van der Waals surface area contributed by atoms with Gasteiger partial charge in [0.1, 0.15) is 0 Å². The van der Waals surface area contributed by atoms with E-state index in [-0.39, 0.29) is 13.2 Å². The fourth-order valence-corrected chi connectivity index (χ4v) is 2.00. The highest BCUT2D eigenvalue weighted by Crippen LogP contribution is 2.34. The molecule has 5 heteroatoms. The zero-order chi connectivity index (χ0) is 13.6. The van der Waals surface area contributed by atoms with Crippen molar-refractivity contribution in [2.45, 2.75) is 38.8 Å². The summed E-state index contributed by atoms with van der Waals surface area (Å²) in [7, 11) is 0. The summed E-state index contributed by atoms with van der Waals surface area (Å²) >= 11 is 0. The lowest BCUT2D eigenvalue weighted by atomic mass is 9.82. The smallest absolute Gasteiger partial charge is 0.356 e. The van der Waals surface area contributed by atoms with Gasteiger partial charge in [-0.15, -0.1) is 0 Å². The van der Waals surface area contributed by atoms with Crippen LogP contribution in [0.5, 0.6) is 0 Å². The summed E-state index contributed by atoms with van der Waals surface area (Å²) in [6, 6.07) is 0. The largest absolute Gasteiger partial charge is 0.463 e. The zero-order valence-corrected chi connectivity index (χ0v) is 10.8. The lowest BCUT2D eigenvalue weighted by molar-refractivity contribution is -0.178. The number of halogens is 1. The van der Waals surface area contributed by atoms with Crippen LogP contribution in [0.25, 0.3) is 0 Å². The van der Waals surface area contributed by atoms with Gasteiger partial charge in [-0.2, -0.15) is 0 Å². The molecule has 0 saturated carbocycles. The second-order valence-corrected chi connectivity index (χ2v) is 4.12. The fourth-order valence-electron chi connectivity index (χ4n) is 2.00. The first kappa shape index (κ1) is 14.7. The number of hydrogen-bond donors (Lipinski definition) is 0. The van der Waals surface area contributed by atoms with Crippen molar-refractivity contribution in [3.8, 4) is 0 Å². The Morgan fingerprint density at radius 1 is 1.28 bits per heavy atom. The molecule has 4 nitrogen and oxygen atoms in total. The van der Waals surface area contributed by atoms with Gasteiger partial charge < -0.3 is 9.47 Å². The number of alkyl halides is 1. The summed E-state index contributed by atoms with van der Waals surface area (Å²) in [4.78, 5) is 23.5. The van der Waals surface area contributed by atoms with Gasteiger partial charge in [0.15, 0.2) is 0 Å². The molecule has 1 rings (SSSR count). The third kappa shape index (κ3) is 2.89. The molecule has 0 spiro atoms. The average Bonchev–Trinajstić information content (AvgIpc) is 2.39. The first-order valence-corrected chi connectivity index (χ1v) is 6.27. The van der Waals surface area contributed by atoms with Crippen molar-refractivity contribution < 1.29 is 23.5 Å². The van der Waals surface area contributed by atoms with Crippen molar-refractivity contribution in [1.82, 2.24) is 0 Å². The Balaban J connectivity index is 2.98. The third-order valence-electron chi connectivity index (χ3n) is 2.91. The van der Waals surface area contributed by atoms with E-state index in [1.165, 1.54) is 0 Å². The first-order valence-electron chi connectivity index (χ1n) is 6.27. The third-order valence-corrected chi connectivity index (χ3v) is 2.91. The zero-order valence-electron chi connectivity index (χ0n) is 10.8. The molecular formula is C13H19FO4. The number of esters is 2. The summed E-state index contributed by atoms with van der Waals surface area (Å²) < 4.78 is 24.2. The molecular weight excluding hydrogens is 239 g/mol. The summed E-state index contributed by atoms with van der Waals surface area (Å²) in [6.07, 6.45) is 5.35. The van der Waals surface area contributed by atoms with Crippen molar-refractivity contribution in [2.24, 2.45) is 5.92 Å². The Labute approximate surface area is 106 Å². The number of allylic oxidation sites excluding steroid dienone is 2. The molecule has 0 aromatic carbocycles. The molecule has 0 saturated heterocycles. The second-order valence-electron chi connectivity index (χ2n) is 4.12. The molecule has 18 heavy (non-hydrogen) atoms. The Kier molecular flexibility index (Phi) is 5.31. The lowest BCUT2D eigenvalue weighted by Crippen LogP contribution is -2.50. The van der Waals surface area contributed by atoms with Crippen molar-refractivity contribution in [2.75, 3.05) is 13.2 Å². The van der Waals surface area contributed by atoms with Crippen LogP contribution >= 0.6 is 0 Å². The van der Waals surface area contributed by atoms with E-state index in [1.54, 1.807) is 26.0 Å². The van der Waals surface area contributed by atoms with Gasteiger partial charge in [-0.1, -0.05) is 12.2 Å². The highest BCUT2D eigenvalue weighted by Gasteiger charge is 2.55. The number of carbonyl (C=O) groups excluding carboxylic acids is 2. The molecule has 1 aliphatic carbocycles. The van der Waals surface area contributed by atoms with Gasteiger partial charge >= 0.3 is 17.6 Å². The van der Waals surface area contributed by atoms with Crippen LogP contribution in [0.4, 0.5) is 4.39 Å². The van der Waals surface area contributed by atoms with Gasteiger partial charge in [-0.3, -0.25) is 0 Å². The van der Waals surface area contributed by atoms with Crippen LogP contribution in [0.2, 0.25) is 0 Å². The molecule has 0 aliphatic heterocycles. The predicted octanol–water partition coefficient (Wildman–Crippen LogP) is 2.18. The molecule has 1 atom stereocenters. The van der Waals surface area contributed by atoms with Crippen molar-refractivity contribution in [1.29, 1.82) is 0 Å². The van der Waals surface area contributed by atoms with Crippen molar-refractivity contribution >= 4 is 11.9 Å². The average molecular weight is 258 g/mol. The van der Waals surface area contributed by atoms with Gasteiger partial charge in [0.05, 0.1) is 13.2 Å². The number of rotatable bonds is 5. The maximum atomic E-state index is 14.8. The van der Waals surface area contributed by atoms with E-state index < -0.39 is 23.5 Å².